The minimum absolute atomic E-state index is 0. The van der Waals surface area contributed by atoms with Crippen LogP contribution in [-0.2, 0) is 4.79 Å². The van der Waals surface area contributed by atoms with Gasteiger partial charge in [0, 0.05) is 18.6 Å². The molecule has 4 N–H and O–H groups in total. The van der Waals surface area contributed by atoms with Gasteiger partial charge in [-0.3, -0.25) is 4.79 Å². The molecule has 0 aliphatic heterocycles. The summed E-state index contributed by atoms with van der Waals surface area (Å²) in [5.74, 6) is 0.112. The molecule has 0 aromatic carbocycles. The van der Waals surface area contributed by atoms with Gasteiger partial charge in [-0.05, 0) is 26.7 Å². The molecule has 0 saturated heterocycles. The van der Waals surface area contributed by atoms with Crippen LogP contribution in [-0.4, -0.2) is 30.6 Å². The number of nitrogens with two attached hydrogens (primary N) is 1. The molecule has 0 spiro atoms. The van der Waals surface area contributed by atoms with Gasteiger partial charge in [0.2, 0.25) is 5.91 Å². The maximum Gasteiger partial charge on any atom is 0.237 e. The zero-order chi connectivity index (χ0) is 12.1. The zero-order valence-electron chi connectivity index (χ0n) is 11.0. The van der Waals surface area contributed by atoms with E-state index in [1.54, 1.807) is 0 Å². The van der Waals surface area contributed by atoms with Crippen molar-refractivity contribution in [3.8, 4) is 0 Å². The first-order valence-corrected chi connectivity index (χ1v) is 5.52. The standard InChI is InChI=1S/C11H25N3O.ClH/c1-8(2)9(12)10(15)13-6-7-14-11(3,4)5;/h8-9,14H,6-7,12H2,1-5H3,(H,13,15);1H/t9-;/m0./s1. The molecule has 0 aliphatic rings. The van der Waals surface area contributed by atoms with Crippen molar-refractivity contribution in [2.75, 3.05) is 13.1 Å². The number of halogens is 1. The number of carbonyl (C=O) groups is 1. The van der Waals surface area contributed by atoms with E-state index in [0.717, 1.165) is 6.54 Å². The minimum atomic E-state index is -0.403. The molecule has 0 unspecified atom stereocenters. The van der Waals surface area contributed by atoms with Crippen LogP contribution in [0.4, 0.5) is 0 Å². The lowest BCUT2D eigenvalue weighted by Crippen LogP contribution is -2.47. The molecule has 0 aromatic heterocycles. The summed E-state index contributed by atoms with van der Waals surface area (Å²) in [5, 5.41) is 6.10. The van der Waals surface area contributed by atoms with E-state index >= 15 is 0 Å². The van der Waals surface area contributed by atoms with E-state index in [2.05, 4.69) is 31.4 Å². The third kappa shape index (κ3) is 8.95. The molecule has 0 heterocycles. The van der Waals surface area contributed by atoms with Gasteiger partial charge in [-0.1, -0.05) is 13.8 Å². The Morgan fingerprint density at radius 1 is 1.25 bits per heavy atom. The number of amides is 1. The highest BCUT2D eigenvalue weighted by atomic mass is 35.5. The van der Waals surface area contributed by atoms with Crippen molar-refractivity contribution in [3.63, 3.8) is 0 Å². The van der Waals surface area contributed by atoms with Gasteiger partial charge < -0.3 is 16.4 Å². The van der Waals surface area contributed by atoms with Crippen LogP contribution in [0, 0.1) is 5.92 Å². The van der Waals surface area contributed by atoms with Crippen LogP contribution in [0.2, 0.25) is 0 Å². The topological polar surface area (TPSA) is 67.2 Å². The first-order valence-electron chi connectivity index (χ1n) is 5.52. The Balaban J connectivity index is 0. The third-order valence-corrected chi connectivity index (χ3v) is 2.10. The molecular weight excluding hydrogens is 226 g/mol. The molecule has 0 bridgehead atoms. The van der Waals surface area contributed by atoms with Gasteiger partial charge in [0.15, 0.2) is 0 Å². The monoisotopic (exact) mass is 251 g/mol. The second kappa shape index (κ2) is 7.87. The number of carbonyl (C=O) groups excluding carboxylic acids is 1. The Bertz CT molecular complexity index is 202. The van der Waals surface area contributed by atoms with Crippen molar-refractivity contribution < 1.29 is 4.79 Å². The Morgan fingerprint density at radius 3 is 2.12 bits per heavy atom. The predicted octanol–water partition coefficient (Wildman–Crippen LogP) is 0.896. The molecular formula is C11H26ClN3O. The molecule has 4 nitrogen and oxygen atoms in total. The fourth-order valence-electron chi connectivity index (χ4n) is 1.04. The molecule has 1 amide bonds. The van der Waals surface area contributed by atoms with Gasteiger partial charge in [-0.15, -0.1) is 12.4 Å². The molecule has 98 valence electrons. The van der Waals surface area contributed by atoms with Crippen molar-refractivity contribution in [3.05, 3.63) is 0 Å². The summed E-state index contributed by atoms with van der Waals surface area (Å²) in [6.45, 7) is 11.5. The van der Waals surface area contributed by atoms with Crippen molar-refractivity contribution in [2.24, 2.45) is 11.7 Å². The summed E-state index contributed by atoms with van der Waals surface area (Å²) < 4.78 is 0. The van der Waals surface area contributed by atoms with Crippen LogP contribution < -0.4 is 16.4 Å². The normalized spacial score (nSPS) is 13.2. The quantitative estimate of drug-likeness (QED) is 0.636. The summed E-state index contributed by atoms with van der Waals surface area (Å²) in [4.78, 5) is 11.4. The van der Waals surface area contributed by atoms with Gasteiger partial charge in [0.25, 0.3) is 0 Å². The molecule has 0 aliphatic carbocycles. The Hall–Kier alpha value is -0.320. The highest BCUT2D eigenvalue weighted by Gasteiger charge is 2.16. The minimum Gasteiger partial charge on any atom is -0.353 e. The number of hydrogen-bond donors (Lipinski definition) is 3. The second-order valence-electron chi connectivity index (χ2n) is 5.24. The van der Waals surface area contributed by atoms with Gasteiger partial charge in [0.1, 0.15) is 0 Å². The zero-order valence-corrected chi connectivity index (χ0v) is 11.8. The van der Waals surface area contributed by atoms with E-state index < -0.39 is 6.04 Å². The molecule has 0 aromatic rings. The SMILES string of the molecule is CC(C)[C@H](N)C(=O)NCCNC(C)(C)C.Cl. The third-order valence-electron chi connectivity index (χ3n) is 2.10. The molecule has 5 heteroatoms. The van der Waals surface area contributed by atoms with Crippen LogP contribution in [0.15, 0.2) is 0 Å². The largest absolute Gasteiger partial charge is 0.353 e. The van der Waals surface area contributed by atoms with Gasteiger partial charge >= 0.3 is 0 Å². The smallest absolute Gasteiger partial charge is 0.237 e. The van der Waals surface area contributed by atoms with E-state index in [9.17, 15) is 4.79 Å². The molecule has 0 rings (SSSR count). The van der Waals surface area contributed by atoms with Gasteiger partial charge in [-0.2, -0.15) is 0 Å². The average Bonchev–Trinajstić information content (AvgIpc) is 2.09. The fraction of sp³-hybridized carbons (Fsp3) is 0.909. The van der Waals surface area contributed by atoms with E-state index in [-0.39, 0.29) is 29.8 Å². The van der Waals surface area contributed by atoms with Gasteiger partial charge in [-0.25, -0.2) is 0 Å². The van der Waals surface area contributed by atoms with Crippen molar-refractivity contribution in [1.82, 2.24) is 10.6 Å². The lowest BCUT2D eigenvalue weighted by molar-refractivity contribution is -0.123. The van der Waals surface area contributed by atoms with E-state index in [1.807, 2.05) is 13.8 Å². The van der Waals surface area contributed by atoms with Crippen molar-refractivity contribution in [2.45, 2.75) is 46.2 Å². The fourth-order valence-corrected chi connectivity index (χ4v) is 1.04. The van der Waals surface area contributed by atoms with Crippen molar-refractivity contribution >= 4 is 18.3 Å². The predicted molar refractivity (Wildman–Crippen MR) is 70.8 cm³/mol. The maximum atomic E-state index is 11.4. The van der Waals surface area contributed by atoms with E-state index in [4.69, 9.17) is 5.73 Å². The van der Waals surface area contributed by atoms with Crippen LogP contribution in [0.5, 0.6) is 0 Å². The first kappa shape index (κ1) is 18.1. The molecule has 1 atom stereocenters. The van der Waals surface area contributed by atoms with Gasteiger partial charge in [0.05, 0.1) is 6.04 Å². The van der Waals surface area contributed by atoms with Crippen LogP contribution in [0.1, 0.15) is 34.6 Å². The number of rotatable bonds is 5. The second-order valence-corrected chi connectivity index (χ2v) is 5.24. The Kier molecular flexibility index (Phi) is 8.88. The highest BCUT2D eigenvalue weighted by Crippen LogP contribution is 1.98. The average molecular weight is 252 g/mol. The number of nitrogens with one attached hydrogen (secondary N) is 2. The van der Waals surface area contributed by atoms with Crippen LogP contribution in [0.25, 0.3) is 0 Å². The van der Waals surface area contributed by atoms with Crippen molar-refractivity contribution in [1.29, 1.82) is 0 Å². The summed E-state index contributed by atoms with van der Waals surface area (Å²) in [6.07, 6.45) is 0. The lowest BCUT2D eigenvalue weighted by atomic mass is 10.1. The van der Waals surface area contributed by atoms with E-state index in [0.29, 0.717) is 6.54 Å². The maximum absolute atomic E-state index is 11.4. The summed E-state index contributed by atoms with van der Waals surface area (Å²) in [6, 6.07) is -0.403. The lowest BCUT2D eigenvalue weighted by Gasteiger charge is -2.21. The first-order chi connectivity index (χ1) is 6.74. The Labute approximate surface area is 105 Å². The summed E-state index contributed by atoms with van der Waals surface area (Å²) >= 11 is 0. The summed E-state index contributed by atoms with van der Waals surface area (Å²) in [5.41, 5.74) is 5.78. The summed E-state index contributed by atoms with van der Waals surface area (Å²) in [7, 11) is 0. The molecule has 0 saturated carbocycles. The van der Waals surface area contributed by atoms with E-state index in [1.165, 1.54) is 0 Å². The van der Waals surface area contributed by atoms with Crippen LogP contribution >= 0.6 is 12.4 Å². The van der Waals surface area contributed by atoms with Crippen LogP contribution in [0.3, 0.4) is 0 Å². The molecule has 0 fully saturated rings. The highest BCUT2D eigenvalue weighted by molar-refractivity contribution is 5.85. The molecule has 0 radical (unpaired) electrons. The Morgan fingerprint density at radius 2 is 1.75 bits per heavy atom. The molecule has 16 heavy (non-hydrogen) atoms. The number of hydrogen-bond acceptors (Lipinski definition) is 3.